The molecule has 0 unspecified atom stereocenters. The van der Waals surface area contributed by atoms with E-state index in [0.717, 1.165) is 0 Å². The fraction of sp³-hybridized carbons (Fsp3) is 1.00. The average Bonchev–Trinajstić information content (AvgIpc) is 1.76. The minimum Gasteiger partial charge on any atom is -0.748 e. The molecule has 0 aromatic carbocycles. The Labute approximate surface area is 102 Å². The molecule has 0 bridgehead atoms. The van der Waals surface area contributed by atoms with Gasteiger partial charge in [0.05, 0.1) is 15.7 Å². The van der Waals surface area contributed by atoms with Crippen molar-refractivity contribution >= 4 is 10.1 Å². The molecule has 0 fully saturated rings. The summed E-state index contributed by atoms with van der Waals surface area (Å²) in [5, 5.41) is 0. The van der Waals surface area contributed by atoms with Crippen LogP contribution in [0.5, 0.6) is 0 Å². The Balaban J connectivity index is 0. The monoisotopic (exact) mass is 218 g/mol. The van der Waals surface area contributed by atoms with Crippen LogP contribution >= 0.6 is 0 Å². The largest absolute Gasteiger partial charge is 1.00 e. The van der Waals surface area contributed by atoms with E-state index in [-0.39, 0.29) is 47.3 Å². The summed E-state index contributed by atoms with van der Waals surface area (Å²) in [6.07, 6.45) is 0.267. The Morgan fingerprint density at radius 1 is 1.31 bits per heavy atom. The van der Waals surface area contributed by atoms with E-state index < -0.39 is 10.1 Å². The van der Waals surface area contributed by atoms with Gasteiger partial charge in [0.1, 0.15) is 0 Å². The minimum atomic E-state index is -4.07. The van der Waals surface area contributed by atoms with E-state index in [0.29, 0.717) is 6.61 Å². The smallest absolute Gasteiger partial charge is 0.748 e. The van der Waals surface area contributed by atoms with Crippen LogP contribution in [0, 0.1) is 0 Å². The third kappa shape index (κ3) is 15.6. The van der Waals surface area contributed by atoms with Gasteiger partial charge in [0, 0.05) is 12.4 Å². The molecule has 4 nitrogen and oxygen atoms in total. The van der Waals surface area contributed by atoms with E-state index in [1.54, 1.807) is 0 Å². The van der Waals surface area contributed by atoms with Crippen LogP contribution in [-0.2, 0) is 14.9 Å². The molecule has 0 aromatic rings. The Kier molecular flexibility index (Phi) is 7.99. The second-order valence-electron chi connectivity index (χ2n) is 3.58. The van der Waals surface area contributed by atoms with Crippen LogP contribution in [0.3, 0.4) is 0 Å². The van der Waals surface area contributed by atoms with Crippen molar-refractivity contribution in [1.29, 1.82) is 0 Å². The van der Waals surface area contributed by atoms with Crippen molar-refractivity contribution in [2.24, 2.45) is 0 Å². The van der Waals surface area contributed by atoms with Crippen molar-refractivity contribution < 1.29 is 47.3 Å². The van der Waals surface area contributed by atoms with Gasteiger partial charge in [0.15, 0.2) is 0 Å². The van der Waals surface area contributed by atoms with E-state index in [1.807, 2.05) is 20.8 Å². The topological polar surface area (TPSA) is 66.4 Å². The third-order valence-corrected chi connectivity index (χ3v) is 1.86. The van der Waals surface area contributed by atoms with Crippen LogP contribution in [-0.4, -0.2) is 30.9 Å². The third-order valence-electron chi connectivity index (χ3n) is 1.07. The molecule has 0 saturated heterocycles. The van der Waals surface area contributed by atoms with Crippen molar-refractivity contribution in [3.8, 4) is 0 Å². The molecule has 6 heteroatoms. The van der Waals surface area contributed by atoms with Gasteiger partial charge in [-0.2, -0.15) is 0 Å². The van der Waals surface area contributed by atoms with Gasteiger partial charge in [-0.05, 0) is 27.2 Å². The van der Waals surface area contributed by atoms with Crippen LogP contribution in [0.15, 0.2) is 0 Å². The summed E-state index contributed by atoms with van der Waals surface area (Å²) in [5.74, 6) is -0.344. The van der Waals surface area contributed by atoms with Crippen molar-refractivity contribution in [2.75, 3.05) is 12.4 Å². The van der Waals surface area contributed by atoms with Gasteiger partial charge in [-0.1, -0.05) is 0 Å². The Bertz CT molecular complexity index is 217. The zero-order valence-corrected chi connectivity index (χ0v) is 11.5. The molecule has 13 heavy (non-hydrogen) atoms. The van der Waals surface area contributed by atoms with Crippen molar-refractivity contribution in [3.05, 3.63) is 0 Å². The molecular formula is C7H15NaO4S. The summed E-state index contributed by atoms with van der Waals surface area (Å²) >= 11 is 0. The van der Waals surface area contributed by atoms with Gasteiger partial charge in [0.25, 0.3) is 0 Å². The summed E-state index contributed by atoms with van der Waals surface area (Å²) in [7, 11) is -4.07. The van der Waals surface area contributed by atoms with E-state index in [1.165, 1.54) is 0 Å². The molecule has 0 amide bonds. The van der Waals surface area contributed by atoms with Gasteiger partial charge >= 0.3 is 29.6 Å². The van der Waals surface area contributed by atoms with Crippen LogP contribution in [0.1, 0.15) is 27.2 Å². The fourth-order valence-corrected chi connectivity index (χ4v) is 1.09. The molecule has 0 rings (SSSR count). The van der Waals surface area contributed by atoms with E-state index in [2.05, 4.69) is 0 Å². The Morgan fingerprint density at radius 3 is 2.08 bits per heavy atom. The Hall–Kier alpha value is 0.870. The minimum absolute atomic E-state index is 0. The molecule has 0 heterocycles. The van der Waals surface area contributed by atoms with Gasteiger partial charge in [-0.15, -0.1) is 0 Å². The Morgan fingerprint density at radius 2 is 1.77 bits per heavy atom. The molecule has 0 spiro atoms. The van der Waals surface area contributed by atoms with E-state index >= 15 is 0 Å². The molecule has 0 aliphatic rings. The molecule has 0 aliphatic carbocycles. The zero-order valence-electron chi connectivity index (χ0n) is 8.66. The van der Waals surface area contributed by atoms with Crippen LogP contribution in [0.2, 0.25) is 0 Å². The normalized spacial score (nSPS) is 12.3. The fourth-order valence-electron chi connectivity index (χ4n) is 0.614. The number of ether oxygens (including phenoxy) is 1. The maximum atomic E-state index is 10.1. The van der Waals surface area contributed by atoms with Gasteiger partial charge < -0.3 is 9.29 Å². The SMILES string of the molecule is CC(C)(C)OCCCS(=O)(=O)[O-].[Na+]. The van der Waals surface area contributed by atoms with Gasteiger partial charge in [0.2, 0.25) is 0 Å². The molecule has 0 atom stereocenters. The van der Waals surface area contributed by atoms with Crippen LogP contribution < -0.4 is 29.6 Å². The number of hydrogen-bond donors (Lipinski definition) is 0. The molecule has 0 saturated carbocycles. The average molecular weight is 218 g/mol. The maximum Gasteiger partial charge on any atom is 1.00 e. The van der Waals surface area contributed by atoms with Crippen LogP contribution in [0.25, 0.3) is 0 Å². The number of hydrogen-bond acceptors (Lipinski definition) is 4. The molecule has 0 radical (unpaired) electrons. The first kappa shape index (κ1) is 16.3. The predicted molar refractivity (Wildman–Crippen MR) is 44.9 cm³/mol. The zero-order chi connectivity index (χ0) is 9.83. The summed E-state index contributed by atoms with van der Waals surface area (Å²) in [6, 6.07) is 0. The quantitative estimate of drug-likeness (QED) is 0.303. The molecule has 0 N–H and O–H groups in total. The summed E-state index contributed by atoms with van der Waals surface area (Å²) in [6.45, 7) is 5.93. The number of rotatable bonds is 4. The van der Waals surface area contributed by atoms with Crippen molar-refractivity contribution in [1.82, 2.24) is 0 Å². The molecule has 74 valence electrons. The summed E-state index contributed by atoms with van der Waals surface area (Å²) in [4.78, 5) is 0. The standard InChI is InChI=1S/C7H16O4S.Na/c1-7(2,3)11-5-4-6-12(8,9)10;/h4-6H2,1-3H3,(H,8,9,10);/q;+1/p-1. The van der Waals surface area contributed by atoms with Crippen molar-refractivity contribution in [2.45, 2.75) is 32.8 Å². The van der Waals surface area contributed by atoms with Crippen LogP contribution in [0.4, 0.5) is 0 Å². The summed E-state index contributed by atoms with van der Waals surface area (Å²) in [5.41, 5.74) is -0.271. The molecule has 0 aromatic heterocycles. The summed E-state index contributed by atoms with van der Waals surface area (Å²) < 4.78 is 35.7. The predicted octanol–water partition coefficient (Wildman–Crippen LogP) is -2.26. The molecule has 0 aliphatic heterocycles. The van der Waals surface area contributed by atoms with Crippen molar-refractivity contribution in [3.63, 3.8) is 0 Å². The van der Waals surface area contributed by atoms with E-state index in [4.69, 9.17) is 4.74 Å². The second-order valence-corrected chi connectivity index (χ2v) is 5.10. The van der Waals surface area contributed by atoms with E-state index in [9.17, 15) is 13.0 Å². The first-order valence-corrected chi connectivity index (χ1v) is 5.36. The maximum absolute atomic E-state index is 10.1. The first-order valence-electron chi connectivity index (χ1n) is 3.78. The molecular weight excluding hydrogens is 203 g/mol. The van der Waals surface area contributed by atoms with Gasteiger partial charge in [-0.3, -0.25) is 0 Å². The van der Waals surface area contributed by atoms with Gasteiger partial charge in [-0.25, -0.2) is 8.42 Å². The second kappa shape index (κ2) is 6.37. The first-order chi connectivity index (χ1) is 5.21.